The van der Waals surface area contributed by atoms with Crippen LogP contribution in [0.4, 0.5) is 0 Å². The van der Waals surface area contributed by atoms with E-state index in [0.717, 1.165) is 6.54 Å². The van der Waals surface area contributed by atoms with Crippen LogP contribution in [-0.2, 0) is 11.3 Å². The third-order valence-corrected chi connectivity index (χ3v) is 4.29. The van der Waals surface area contributed by atoms with Crippen molar-refractivity contribution < 1.29 is 4.74 Å². The maximum atomic E-state index is 5.69. The van der Waals surface area contributed by atoms with Crippen LogP contribution in [0.3, 0.4) is 0 Å². The highest BCUT2D eigenvalue weighted by atomic mass is 32.1. The van der Waals surface area contributed by atoms with E-state index in [2.05, 4.69) is 41.0 Å². The van der Waals surface area contributed by atoms with Gasteiger partial charge in [-0.25, -0.2) is 0 Å². The molecule has 0 spiro atoms. The van der Waals surface area contributed by atoms with E-state index in [9.17, 15) is 0 Å². The van der Waals surface area contributed by atoms with Crippen molar-refractivity contribution in [1.82, 2.24) is 5.32 Å². The van der Waals surface area contributed by atoms with Crippen molar-refractivity contribution in [2.45, 2.75) is 18.7 Å². The number of thiophene rings is 1. The lowest BCUT2D eigenvalue weighted by Gasteiger charge is -2.32. The van der Waals surface area contributed by atoms with Crippen LogP contribution in [0.15, 0.2) is 41.8 Å². The largest absolute Gasteiger partial charge is 0.374 e. The average molecular weight is 245 g/mol. The molecular weight excluding hydrogens is 230 g/mol. The molecular formula is C14H15NOS. The Morgan fingerprint density at radius 1 is 1.24 bits per heavy atom. The van der Waals surface area contributed by atoms with Gasteiger partial charge in [0.25, 0.3) is 0 Å². The number of benzene rings is 1. The minimum atomic E-state index is 0.126. The van der Waals surface area contributed by atoms with Gasteiger partial charge in [-0.05, 0) is 22.6 Å². The Hall–Kier alpha value is -1.16. The Morgan fingerprint density at radius 2 is 2.06 bits per heavy atom. The van der Waals surface area contributed by atoms with Crippen molar-refractivity contribution in [3.63, 3.8) is 0 Å². The van der Waals surface area contributed by atoms with E-state index < -0.39 is 0 Å². The molecule has 1 aliphatic heterocycles. The minimum Gasteiger partial charge on any atom is -0.374 e. The molecule has 17 heavy (non-hydrogen) atoms. The van der Waals surface area contributed by atoms with E-state index in [0.29, 0.717) is 0 Å². The van der Waals surface area contributed by atoms with Crippen LogP contribution < -0.4 is 5.32 Å². The Kier molecular flexibility index (Phi) is 2.97. The van der Waals surface area contributed by atoms with Crippen LogP contribution in [-0.4, -0.2) is 7.11 Å². The van der Waals surface area contributed by atoms with Crippen LogP contribution in [0.1, 0.15) is 28.1 Å². The Balaban J connectivity index is 1.98. The topological polar surface area (TPSA) is 21.3 Å². The molecule has 1 aromatic carbocycles. The molecule has 0 amide bonds. The number of hydrogen-bond donors (Lipinski definition) is 1. The molecule has 0 bridgehead atoms. The molecule has 1 aliphatic rings. The summed E-state index contributed by atoms with van der Waals surface area (Å²) in [5, 5.41) is 5.70. The molecule has 2 atom stereocenters. The molecule has 0 radical (unpaired) electrons. The van der Waals surface area contributed by atoms with E-state index in [1.165, 1.54) is 16.0 Å². The molecule has 0 saturated carbocycles. The highest BCUT2D eigenvalue weighted by molar-refractivity contribution is 7.10. The first-order valence-corrected chi connectivity index (χ1v) is 6.65. The molecule has 1 N–H and O–H groups in total. The fourth-order valence-electron chi connectivity index (χ4n) is 2.42. The van der Waals surface area contributed by atoms with Gasteiger partial charge in [-0.3, -0.25) is 0 Å². The summed E-state index contributed by atoms with van der Waals surface area (Å²) in [5.74, 6) is 0. The zero-order valence-electron chi connectivity index (χ0n) is 9.72. The molecule has 2 aromatic rings. The Bertz CT molecular complexity index is 494. The monoisotopic (exact) mass is 245 g/mol. The van der Waals surface area contributed by atoms with E-state index >= 15 is 0 Å². The Labute approximate surface area is 105 Å². The molecule has 2 heterocycles. The zero-order valence-corrected chi connectivity index (χ0v) is 10.5. The van der Waals surface area contributed by atoms with Gasteiger partial charge in [0, 0.05) is 18.5 Å². The summed E-state index contributed by atoms with van der Waals surface area (Å²) in [4.78, 5) is 1.36. The summed E-state index contributed by atoms with van der Waals surface area (Å²) in [6, 6.07) is 12.9. The van der Waals surface area contributed by atoms with Crippen molar-refractivity contribution in [3.05, 3.63) is 57.8 Å². The normalized spacial score (nSPS) is 23.4. The molecule has 0 fully saturated rings. The van der Waals surface area contributed by atoms with Crippen molar-refractivity contribution in [3.8, 4) is 0 Å². The lowest BCUT2D eigenvalue weighted by Crippen LogP contribution is -2.32. The summed E-state index contributed by atoms with van der Waals surface area (Å²) in [5.41, 5.74) is 2.66. The first-order valence-electron chi connectivity index (χ1n) is 5.77. The van der Waals surface area contributed by atoms with E-state index in [-0.39, 0.29) is 12.1 Å². The summed E-state index contributed by atoms with van der Waals surface area (Å²) < 4.78 is 5.69. The fourth-order valence-corrected chi connectivity index (χ4v) is 3.45. The van der Waals surface area contributed by atoms with Crippen LogP contribution in [0, 0.1) is 0 Å². The first-order chi connectivity index (χ1) is 8.40. The highest BCUT2D eigenvalue weighted by Gasteiger charge is 2.31. The SMILES string of the molecule is COC1c2sccc2CNC1c1ccccc1. The minimum absolute atomic E-state index is 0.126. The Morgan fingerprint density at radius 3 is 2.82 bits per heavy atom. The van der Waals surface area contributed by atoms with Gasteiger partial charge in [-0.15, -0.1) is 11.3 Å². The summed E-state index contributed by atoms with van der Waals surface area (Å²) in [7, 11) is 1.79. The maximum Gasteiger partial charge on any atom is 0.111 e. The predicted molar refractivity (Wildman–Crippen MR) is 70.1 cm³/mol. The van der Waals surface area contributed by atoms with Crippen molar-refractivity contribution >= 4 is 11.3 Å². The van der Waals surface area contributed by atoms with Gasteiger partial charge in [-0.1, -0.05) is 30.3 Å². The molecule has 0 saturated heterocycles. The second-order valence-corrected chi connectivity index (χ2v) is 5.18. The predicted octanol–water partition coefficient (Wildman–Crippen LogP) is 3.28. The fraction of sp³-hybridized carbons (Fsp3) is 0.286. The highest BCUT2D eigenvalue weighted by Crippen LogP contribution is 2.39. The third kappa shape index (κ3) is 1.90. The zero-order chi connectivity index (χ0) is 11.7. The lowest BCUT2D eigenvalue weighted by atomic mass is 9.95. The molecule has 2 unspecified atom stereocenters. The average Bonchev–Trinajstić information content (AvgIpc) is 2.86. The summed E-state index contributed by atoms with van der Waals surface area (Å²) >= 11 is 1.79. The lowest BCUT2D eigenvalue weighted by molar-refractivity contribution is 0.0624. The number of nitrogens with one attached hydrogen (secondary N) is 1. The van der Waals surface area contributed by atoms with Crippen LogP contribution >= 0.6 is 11.3 Å². The number of rotatable bonds is 2. The van der Waals surface area contributed by atoms with E-state index in [1.54, 1.807) is 18.4 Å². The maximum absolute atomic E-state index is 5.69. The van der Waals surface area contributed by atoms with Crippen LogP contribution in [0.2, 0.25) is 0 Å². The van der Waals surface area contributed by atoms with Crippen LogP contribution in [0.5, 0.6) is 0 Å². The van der Waals surface area contributed by atoms with Gasteiger partial charge in [0.15, 0.2) is 0 Å². The summed E-state index contributed by atoms with van der Waals surface area (Å²) in [6.45, 7) is 0.929. The summed E-state index contributed by atoms with van der Waals surface area (Å²) in [6.07, 6.45) is 0.126. The van der Waals surface area contributed by atoms with Gasteiger partial charge in [0.05, 0.1) is 6.04 Å². The van der Waals surface area contributed by atoms with Crippen molar-refractivity contribution in [1.29, 1.82) is 0 Å². The second kappa shape index (κ2) is 4.61. The number of ether oxygens (including phenoxy) is 1. The molecule has 1 aromatic heterocycles. The smallest absolute Gasteiger partial charge is 0.111 e. The standard InChI is InChI=1S/C14H15NOS/c1-16-13-12(10-5-3-2-4-6-10)15-9-11-7-8-17-14(11)13/h2-8,12-13,15H,9H2,1H3. The molecule has 0 aliphatic carbocycles. The van der Waals surface area contributed by atoms with Gasteiger partial charge in [-0.2, -0.15) is 0 Å². The molecule has 2 nitrogen and oxygen atoms in total. The second-order valence-electron chi connectivity index (χ2n) is 4.24. The van der Waals surface area contributed by atoms with Gasteiger partial charge in [0.1, 0.15) is 6.10 Å². The van der Waals surface area contributed by atoms with E-state index in [1.807, 2.05) is 6.07 Å². The van der Waals surface area contributed by atoms with Gasteiger partial charge < -0.3 is 10.1 Å². The third-order valence-electron chi connectivity index (χ3n) is 3.27. The van der Waals surface area contributed by atoms with Gasteiger partial charge in [0.2, 0.25) is 0 Å². The first kappa shape index (κ1) is 11.0. The number of hydrogen-bond acceptors (Lipinski definition) is 3. The molecule has 3 heteroatoms. The van der Waals surface area contributed by atoms with Crippen LogP contribution in [0.25, 0.3) is 0 Å². The van der Waals surface area contributed by atoms with E-state index in [4.69, 9.17) is 4.74 Å². The molecule has 3 rings (SSSR count). The number of fused-ring (bicyclic) bond motifs is 1. The number of methoxy groups -OCH3 is 1. The van der Waals surface area contributed by atoms with Crippen molar-refractivity contribution in [2.24, 2.45) is 0 Å². The van der Waals surface area contributed by atoms with Crippen molar-refractivity contribution in [2.75, 3.05) is 7.11 Å². The quantitative estimate of drug-likeness (QED) is 0.876. The van der Waals surface area contributed by atoms with Gasteiger partial charge >= 0.3 is 0 Å². The molecule has 88 valence electrons.